The summed E-state index contributed by atoms with van der Waals surface area (Å²) < 4.78 is 7.72. The number of fused-ring (bicyclic) bond motifs is 1. The average Bonchev–Trinajstić information content (AvgIpc) is 2.99. The molecule has 1 aromatic carbocycles. The number of likely N-dealkylation sites (tertiary alicyclic amines) is 1. The number of aryl methyl sites for hydroxylation is 1. The minimum Gasteiger partial charge on any atom is -0.465 e. The number of hydrogen-bond donors (Lipinski definition) is 2. The Kier molecular flexibility index (Phi) is 6.11. The Morgan fingerprint density at radius 2 is 2.11 bits per heavy atom. The van der Waals surface area contributed by atoms with Gasteiger partial charge in [0, 0.05) is 32.5 Å². The molecule has 8 heteroatoms. The van der Waals surface area contributed by atoms with Gasteiger partial charge < -0.3 is 19.8 Å². The lowest BCUT2D eigenvalue weighted by molar-refractivity contribution is 0.0502. The third-order valence-corrected chi connectivity index (χ3v) is 7.20. The first-order valence-electron chi connectivity index (χ1n) is 9.85. The molecule has 0 spiro atoms. The number of ether oxygens (including phenoxy) is 1. The van der Waals surface area contributed by atoms with E-state index in [0.717, 1.165) is 34.7 Å². The molecule has 2 atom stereocenters. The molecule has 1 saturated heterocycles. The zero-order chi connectivity index (χ0) is 20.5. The van der Waals surface area contributed by atoms with E-state index in [1.54, 1.807) is 0 Å². The van der Waals surface area contributed by atoms with E-state index in [4.69, 9.17) is 9.84 Å². The molecule has 0 aliphatic carbocycles. The van der Waals surface area contributed by atoms with Crippen molar-refractivity contribution in [3.63, 3.8) is 0 Å². The fourth-order valence-corrected chi connectivity index (χ4v) is 4.51. The van der Waals surface area contributed by atoms with Gasteiger partial charge in [-0.1, -0.05) is 19.6 Å². The van der Waals surface area contributed by atoms with Crippen LogP contribution >= 0.6 is 0 Å². The van der Waals surface area contributed by atoms with Gasteiger partial charge in [-0.05, 0) is 42.6 Å². The minimum atomic E-state index is -1.12. The van der Waals surface area contributed by atoms with Gasteiger partial charge in [0.15, 0.2) is 0 Å². The molecule has 154 valence electrons. The maximum absolute atomic E-state index is 11.2. The summed E-state index contributed by atoms with van der Waals surface area (Å²) in [5.41, 5.74) is 3.15. The van der Waals surface area contributed by atoms with Crippen LogP contribution in [-0.4, -0.2) is 64.9 Å². The van der Waals surface area contributed by atoms with Crippen LogP contribution < -0.4 is 0 Å². The highest BCUT2D eigenvalue weighted by molar-refractivity contribution is 6.76. The van der Waals surface area contributed by atoms with Gasteiger partial charge >= 0.3 is 6.09 Å². The van der Waals surface area contributed by atoms with Gasteiger partial charge in [-0.25, -0.2) is 9.48 Å². The number of rotatable bonds is 6. The number of β-amino-alcohol motifs (C(OH)–C–C–N with tert-alkyl or cyclic N) is 1. The zero-order valence-electron chi connectivity index (χ0n) is 17.2. The highest BCUT2D eigenvalue weighted by Gasteiger charge is 2.32. The predicted molar refractivity (Wildman–Crippen MR) is 112 cm³/mol. The summed E-state index contributed by atoms with van der Waals surface area (Å²) in [6.45, 7) is 10.8. The number of aromatic nitrogens is 2. The van der Waals surface area contributed by atoms with E-state index in [2.05, 4.69) is 36.9 Å². The molecule has 2 aromatic rings. The van der Waals surface area contributed by atoms with Crippen LogP contribution in [0.3, 0.4) is 0 Å². The van der Waals surface area contributed by atoms with Crippen LogP contribution in [0.2, 0.25) is 25.7 Å². The minimum absolute atomic E-state index is 0.0730. The van der Waals surface area contributed by atoms with Gasteiger partial charge in [0.1, 0.15) is 6.73 Å². The first-order valence-corrected chi connectivity index (χ1v) is 13.6. The molecular formula is C20H31N3O4Si. The summed E-state index contributed by atoms with van der Waals surface area (Å²) in [5, 5.41) is 25.2. The topological polar surface area (TPSA) is 87.8 Å². The SMILES string of the molecule is Cc1cc2cnn(COCC[Si](C)(C)C)c2cc1C1CCN(C(=O)O)CC1O. The van der Waals surface area contributed by atoms with E-state index < -0.39 is 20.3 Å². The molecule has 0 saturated carbocycles. The van der Waals surface area contributed by atoms with Gasteiger partial charge in [-0.15, -0.1) is 0 Å². The molecule has 2 heterocycles. The molecule has 2 N–H and O–H groups in total. The summed E-state index contributed by atoms with van der Waals surface area (Å²) in [5.74, 6) is -0.0730. The molecule has 3 rings (SSSR count). The van der Waals surface area contributed by atoms with Crippen LogP contribution in [0.25, 0.3) is 10.9 Å². The first kappa shape index (κ1) is 20.8. The smallest absolute Gasteiger partial charge is 0.407 e. The van der Waals surface area contributed by atoms with Crippen LogP contribution in [0.1, 0.15) is 23.5 Å². The Balaban J connectivity index is 1.77. The summed E-state index contributed by atoms with van der Waals surface area (Å²) in [4.78, 5) is 12.5. The van der Waals surface area contributed by atoms with Crippen molar-refractivity contribution >= 4 is 25.1 Å². The second-order valence-corrected chi connectivity index (χ2v) is 14.6. The van der Waals surface area contributed by atoms with Crippen molar-refractivity contribution in [1.82, 2.24) is 14.7 Å². The molecule has 1 aliphatic heterocycles. The number of benzene rings is 1. The lowest BCUT2D eigenvalue weighted by Crippen LogP contribution is -2.45. The molecule has 1 fully saturated rings. The Morgan fingerprint density at radius 3 is 2.75 bits per heavy atom. The van der Waals surface area contributed by atoms with Gasteiger partial charge in [0.05, 0.1) is 24.4 Å². The average molecular weight is 406 g/mol. The van der Waals surface area contributed by atoms with Crippen LogP contribution in [0, 0.1) is 6.92 Å². The van der Waals surface area contributed by atoms with Crippen molar-refractivity contribution in [2.24, 2.45) is 0 Å². The first-order chi connectivity index (χ1) is 13.2. The van der Waals surface area contributed by atoms with E-state index in [1.165, 1.54) is 4.90 Å². The van der Waals surface area contributed by atoms with E-state index in [1.807, 2.05) is 17.8 Å². The lowest BCUT2D eigenvalue weighted by Gasteiger charge is -2.35. The van der Waals surface area contributed by atoms with Crippen molar-refractivity contribution in [3.8, 4) is 0 Å². The van der Waals surface area contributed by atoms with E-state index in [-0.39, 0.29) is 12.5 Å². The Labute approximate surface area is 166 Å². The highest BCUT2D eigenvalue weighted by Crippen LogP contribution is 2.33. The van der Waals surface area contributed by atoms with E-state index in [0.29, 0.717) is 19.7 Å². The Morgan fingerprint density at radius 1 is 1.36 bits per heavy atom. The van der Waals surface area contributed by atoms with Gasteiger partial charge in [-0.2, -0.15) is 5.10 Å². The van der Waals surface area contributed by atoms with Crippen LogP contribution in [0.15, 0.2) is 18.3 Å². The number of carbonyl (C=O) groups is 1. The number of carboxylic acid groups (broad SMARTS) is 1. The van der Waals surface area contributed by atoms with Crippen molar-refractivity contribution in [2.75, 3.05) is 19.7 Å². The predicted octanol–water partition coefficient (Wildman–Crippen LogP) is 3.49. The quantitative estimate of drug-likeness (QED) is 0.567. The number of nitrogens with zero attached hydrogens (tertiary/aromatic N) is 3. The third kappa shape index (κ3) is 4.74. The second-order valence-electron chi connectivity index (χ2n) is 8.95. The standard InChI is InChI=1S/C20H31N3O4Si/c1-14-9-15-11-21-23(13-27-7-8-28(2,3)4)18(15)10-17(14)16-5-6-22(20(25)26)12-19(16)24/h9-11,16,19,24H,5-8,12-13H2,1-4H3,(H,25,26). The molecule has 1 aromatic heterocycles. The molecule has 0 bridgehead atoms. The summed E-state index contributed by atoms with van der Waals surface area (Å²) in [7, 11) is -1.12. The van der Waals surface area contributed by atoms with Crippen molar-refractivity contribution in [3.05, 3.63) is 29.5 Å². The van der Waals surface area contributed by atoms with Crippen molar-refractivity contribution < 1.29 is 19.7 Å². The molecule has 2 unspecified atom stereocenters. The zero-order valence-corrected chi connectivity index (χ0v) is 18.2. The normalized spacial score (nSPS) is 20.7. The molecule has 28 heavy (non-hydrogen) atoms. The fraction of sp³-hybridized carbons (Fsp3) is 0.600. The van der Waals surface area contributed by atoms with Crippen molar-refractivity contribution in [2.45, 2.75) is 57.8 Å². The monoisotopic (exact) mass is 405 g/mol. The van der Waals surface area contributed by atoms with Crippen LogP contribution in [0.4, 0.5) is 4.79 Å². The lowest BCUT2D eigenvalue weighted by atomic mass is 9.84. The van der Waals surface area contributed by atoms with Gasteiger partial charge in [-0.3, -0.25) is 0 Å². The number of hydrogen-bond acceptors (Lipinski definition) is 4. The molecular weight excluding hydrogens is 374 g/mol. The number of piperidine rings is 1. The molecule has 1 amide bonds. The summed E-state index contributed by atoms with van der Waals surface area (Å²) in [6.07, 6.45) is 0.779. The Hall–Kier alpha value is -1.90. The van der Waals surface area contributed by atoms with Gasteiger partial charge in [0.25, 0.3) is 0 Å². The molecule has 0 radical (unpaired) electrons. The summed E-state index contributed by atoms with van der Waals surface area (Å²) >= 11 is 0. The third-order valence-electron chi connectivity index (χ3n) is 5.49. The van der Waals surface area contributed by atoms with Crippen LogP contribution in [0.5, 0.6) is 0 Å². The maximum Gasteiger partial charge on any atom is 0.407 e. The summed E-state index contributed by atoms with van der Waals surface area (Å²) in [6, 6.07) is 5.29. The van der Waals surface area contributed by atoms with Crippen molar-refractivity contribution in [1.29, 1.82) is 0 Å². The largest absolute Gasteiger partial charge is 0.465 e. The fourth-order valence-electron chi connectivity index (χ4n) is 3.76. The second kappa shape index (κ2) is 8.22. The highest BCUT2D eigenvalue weighted by atomic mass is 28.3. The Bertz CT molecular complexity index is 846. The van der Waals surface area contributed by atoms with Gasteiger partial charge in [0.2, 0.25) is 0 Å². The van der Waals surface area contributed by atoms with E-state index >= 15 is 0 Å². The van der Waals surface area contributed by atoms with Crippen LogP contribution in [-0.2, 0) is 11.5 Å². The molecule has 7 nitrogen and oxygen atoms in total. The number of aliphatic hydroxyl groups excluding tert-OH is 1. The number of aliphatic hydroxyl groups is 1. The van der Waals surface area contributed by atoms with E-state index in [9.17, 15) is 9.90 Å². The molecule has 1 aliphatic rings. The maximum atomic E-state index is 11.2. The number of amides is 1.